The first-order valence-corrected chi connectivity index (χ1v) is 4.95. The Morgan fingerprint density at radius 2 is 1.86 bits per heavy atom. The summed E-state index contributed by atoms with van der Waals surface area (Å²) in [5.41, 5.74) is 9.43. The van der Waals surface area contributed by atoms with Gasteiger partial charge in [0.1, 0.15) is 0 Å². The molecule has 1 aromatic rings. The van der Waals surface area contributed by atoms with Gasteiger partial charge in [0.25, 0.3) is 0 Å². The van der Waals surface area contributed by atoms with Gasteiger partial charge in [0.2, 0.25) is 0 Å². The lowest BCUT2D eigenvalue weighted by Crippen LogP contribution is -2.01. The fourth-order valence-electron chi connectivity index (χ4n) is 1.41. The second-order valence-electron chi connectivity index (χ2n) is 3.74. The normalized spacial score (nSPS) is 9.43. The van der Waals surface area contributed by atoms with Gasteiger partial charge in [0, 0.05) is 5.69 Å². The molecule has 2 N–H and O–H groups in total. The van der Waals surface area contributed by atoms with Crippen LogP contribution in [0.1, 0.15) is 25.0 Å². The van der Waals surface area contributed by atoms with Crippen molar-refractivity contribution in [3.8, 4) is 0 Å². The summed E-state index contributed by atoms with van der Waals surface area (Å²) >= 11 is 0. The molecule has 1 rings (SSSR count). The van der Waals surface area contributed by atoms with E-state index in [4.69, 9.17) is 5.73 Å². The van der Waals surface area contributed by atoms with E-state index >= 15 is 0 Å². The maximum Gasteiger partial charge on any atom is 0.0349 e. The molecule has 0 saturated heterocycles. The third-order valence-corrected chi connectivity index (χ3v) is 2.06. The van der Waals surface area contributed by atoms with Crippen molar-refractivity contribution >= 4 is 5.69 Å². The minimum Gasteiger partial charge on any atom is -0.398 e. The standard InChI is InChI=1S/C11H17N.C2H4/c1-8(2)7-10-9(3)5-4-6-11(10)12;1-2/h4-6,8H,7,12H2,1-3H3;1-2H2. The van der Waals surface area contributed by atoms with Crippen LogP contribution in [0.5, 0.6) is 0 Å². The van der Waals surface area contributed by atoms with Crippen molar-refractivity contribution in [1.29, 1.82) is 0 Å². The number of hydrogen-bond acceptors (Lipinski definition) is 1. The number of aryl methyl sites for hydroxylation is 1. The Labute approximate surface area is 87.6 Å². The number of nitrogens with two attached hydrogens (primary N) is 1. The van der Waals surface area contributed by atoms with E-state index in [2.05, 4.69) is 40.0 Å². The number of anilines is 1. The Balaban J connectivity index is 0.000000791. The van der Waals surface area contributed by atoms with Gasteiger partial charge in [-0.15, -0.1) is 13.2 Å². The predicted molar refractivity (Wildman–Crippen MR) is 65.4 cm³/mol. The maximum absolute atomic E-state index is 5.87. The molecule has 0 saturated carbocycles. The average molecular weight is 191 g/mol. The minimum absolute atomic E-state index is 0.674. The Morgan fingerprint density at radius 3 is 2.29 bits per heavy atom. The molecule has 0 fully saturated rings. The van der Waals surface area contributed by atoms with Crippen molar-refractivity contribution in [3.05, 3.63) is 42.5 Å². The van der Waals surface area contributed by atoms with Crippen LogP contribution in [0.3, 0.4) is 0 Å². The highest BCUT2D eigenvalue weighted by molar-refractivity contribution is 5.50. The molecule has 0 aromatic heterocycles. The van der Waals surface area contributed by atoms with Gasteiger partial charge in [0.15, 0.2) is 0 Å². The molecule has 78 valence electrons. The first-order chi connectivity index (χ1) is 6.61. The van der Waals surface area contributed by atoms with Gasteiger partial charge in [-0.05, 0) is 36.5 Å². The van der Waals surface area contributed by atoms with Crippen LogP contribution in [0.15, 0.2) is 31.4 Å². The summed E-state index contributed by atoms with van der Waals surface area (Å²) in [5, 5.41) is 0. The van der Waals surface area contributed by atoms with Crippen LogP contribution in [-0.2, 0) is 6.42 Å². The minimum atomic E-state index is 0.674. The van der Waals surface area contributed by atoms with E-state index in [-0.39, 0.29) is 0 Å². The number of rotatable bonds is 2. The summed E-state index contributed by atoms with van der Waals surface area (Å²) in [6.45, 7) is 12.5. The fraction of sp³-hybridized carbons (Fsp3) is 0.385. The van der Waals surface area contributed by atoms with Crippen LogP contribution in [0.2, 0.25) is 0 Å². The summed E-state index contributed by atoms with van der Waals surface area (Å²) in [6.07, 6.45) is 1.08. The van der Waals surface area contributed by atoms with Gasteiger partial charge >= 0.3 is 0 Å². The molecule has 0 spiro atoms. The zero-order valence-corrected chi connectivity index (χ0v) is 9.51. The second kappa shape index (κ2) is 6.25. The zero-order valence-electron chi connectivity index (χ0n) is 9.51. The summed E-state index contributed by atoms with van der Waals surface area (Å²) < 4.78 is 0. The van der Waals surface area contributed by atoms with Gasteiger partial charge < -0.3 is 5.73 Å². The molecule has 0 radical (unpaired) electrons. The smallest absolute Gasteiger partial charge is 0.0349 e. The van der Waals surface area contributed by atoms with Crippen molar-refractivity contribution in [1.82, 2.24) is 0 Å². The predicted octanol–water partition coefficient (Wildman–Crippen LogP) is 3.58. The molecular weight excluding hydrogens is 170 g/mol. The molecule has 0 aliphatic heterocycles. The van der Waals surface area contributed by atoms with Crippen molar-refractivity contribution < 1.29 is 0 Å². The molecule has 14 heavy (non-hydrogen) atoms. The van der Waals surface area contributed by atoms with Crippen LogP contribution in [-0.4, -0.2) is 0 Å². The van der Waals surface area contributed by atoms with Crippen molar-refractivity contribution in [2.75, 3.05) is 5.73 Å². The SMILES string of the molecule is C=C.Cc1cccc(N)c1CC(C)C. The molecule has 0 atom stereocenters. The third kappa shape index (κ3) is 3.65. The summed E-state index contributed by atoms with van der Waals surface area (Å²) in [4.78, 5) is 0. The largest absolute Gasteiger partial charge is 0.398 e. The van der Waals surface area contributed by atoms with E-state index in [1.807, 2.05) is 12.1 Å². The first-order valence-electron chi connectivity index (χ1n) is 4.95. The average Bonchev–Trinajstić information content (AvgIpc) is 2.15. The monoisotopic (exact) mass is 191 g/mol. The molecule has 0 unspecified atom stereocenters. The maximum atomic E-state index is 5.87. The van der Waals surface area contributed by atoms with E-state index in [9.17, 15) is 0 Å². The van der Waals surface area contributed by atoms with Gasteiger partial charge in [-0.25, -0.2) is 0 Å². The fourth-order valence-corrected chi connectivity index (χ4v) is 1.41. The van der Waals surface area contributed by atoms with Crippen LogP contribution < -0.4 is 5.73 Å². The van der Waals surface area contributed by atoms with Crippen molar-refractivity contribution in [3.63, 3.8) is 0 Å². The summed E-state index contributed by atoms with van der Waals surface area (Å²) in [6, 6.07) is 6.10. The topological polar surface area (TPSA) is 26.0 Å². The lowest BCUT2D eigenvalue weighted by Gasteiger charge is -2.10. The van der Waals surface area contributed by atoms with Crippen LogP contribution in [0, 0.1) is 12.8 Å². The zero-order chi connectivity index (χ0) is 11.1. The van der Waals surface area contributed by atoms with Gasteiger partial charge in [-0.2, -0.15) is 0 Å². The van der Waals surface area contributed by atoms with E-state index in [1.54, 1.807) is 0 Å². The molecule has 0 bridgehead atoms. The van der Waals surface area contributed by atoms with Crippen LogP contribution in [0.25, 0.3) is 0 Å². The molecular formula is C13H21N. The van der Waals surface area contributed by atoms with E-state index in [1.165, 1.54) is 11.1 Å². The Morgan fingerprint density at radius 1 is 1.29 bits per heavy atom. The Hall–Kier alpha value is -1.24. The van der Waals surface area contributed by atoms with E-state index in [0.29, 0.717) is 5.92 Å². The lowest BCUT2D eigenvalue weighted by atomic mass is 9.97. The van der Waals surface area contributed by atoms with Gasteiger partial charge in [-0.1, -0.05) is 26.0 Å². The quantitative estimate of drug-likeness (QED) is 0.561. The highest BCUT2D eigenvalue weighted by atomic mass is 14.6. The molecule has 1 heteroatoms. The second-order valence-corrected chi connectivity index (χ2v) is 3.74. The molecule has 1 aromatic carbocycles. The molecule has 1 nitrogen and oxygen atoms in total. The van der Waals surface area contributed by atoms with Gasteiger partial charge in [0.05, 0.1) is 0 Å². The number of hydrogen-bond donors (Lipinski definition) is 1. The van der Waals surface area contributed by atoms with E-state index < -0.39 is 0 Å². The lowest BCUT2D eigenvalue weighted by molar-refractivity contribution is 0.646. The number of nitrogen functional groups attached to an aromatic ring is 1. The Kier molecular flexibility index (Phi) is 5.70. The first kappa shape index (κ1) is 12.8. The van der Waals surface area contributed by atoms with Crippen molar-refractivity contribution in [2.24, 2.45) is 5.92 Å². The summed E-state index contributed by atoms with van der Waals surface area (Å²) in [7, 11) is 0. The third-order valence-electron chi connectivity index (χ3n) is 2.06. The Bertz CT molecular complexity index is 256. The van der Waals surface area contributed by atoms with Gasteiger partial charge in [-0.3, -0.25) is 0 Å². The molecule has 0 heterocycles. The molecule has 0 aliphatic rings. The highest BCUT2D eigenvalue weighted by Crippen LogP contribution is 2.19. The van der Waals surface area contributed by atoms with Crippen molar-refractivity contribution in [2.45, 2.75) is 27.2 Å². The highest BCUT2D eigenvalue weighted by Gasteiger charge is 2.04. The van der Waals surface area contributed by atoms with Crippen LogP contribution in [0.4, 0.5) is 5.69 Å². The number of benzene rings is 1. The van der Waals surface area contributed by atoms with E-state index in [0.717, 1.165) is 12.1 Å². The van der Waals surface area contributed by atoms with Crippen LogP contribution >= 0.6 is 0 Å². The molecule has 0 amide bonds. The summed E-state index contributed by atoms with van der Waals surface area (Å²) in [5.74, 6) is 0.674. The molecule has 0 aliphatic carbocycles.